The number of amides is 1. The highest BCUT2D eigenvalue weighted by atomic mass is 79.9. The number of hydrogen-bond acceptors (Lipinski definition) is 6. The molecule has 0 saturated heterocycles. The Labute approximate surface area is 158 Å². The number of phenols is 1. The highest BCUT2D eigenvalue weighted by Gasteiger charge is 2.15. The Balaban J connectivity index is 1.93. The zero-order valence-electron chi connectivity index (χ0n) is 12.5. The average molecular weight is 473 g/mol. The number of carbonyl (C=O) groups is 1. The third-order valence-electron chi connectivity index (χ3n) is 2.89. The number of nitrogens with zero attached hydrogens (tertiary/aromatic N) is 2. The van der Waals surface area contributed by atoms with Gasteiger partial charge in [0.1, 0.15) is 5.75 Å². The van der Waals surface area contributed by atoms with E-state index in [1.165, 1.54) is 12.1 Å². The van der Waals surface area contributed by atoms with Crippen LogP contribution in [0, 0.1) is 10.1 Å². The lowest BCUT2D eigenvalue weighted by molar-refractivity contribution is -0.385. The summed E-state index contributed by atoms with van der Waals surface area (Å²) < 4.78 is 6.88. The first-order chi connectivity index (χ1) is 11.9. The molecule has 0 atom stereocenters. The van der Waals surface area contributed by atoms with Gasteiger partial charge in [0.25, 0.3) is 5.91 Å². The molecule has 130 valence electrons. The smallest absolute Gasteiger partial charge is 0.311 e. The number of hydrazone groups is 1. The van der Waals surface area contributed by atoms with E-state index in [0.717, 1.165) is 16.8 Å². The van der Waals surface area contributed by atoms with Crippen LogP contribution in [0.1, 0.15) is 5.56 Å². The summed E-state index contributed by atoms with van der Waals surface area (Å²) in [5, 5.41) is 24.1. The van der Waals surface area contributed by atoms with Crippen LogP contribution in [-0.2, 0) is 4.79 Å². The van der Waals surface area contributed by atoms with Crippen molar-refractivity contribution in [2.45, 2.75) is 0 Å². The van der Waals surface area contributed by atoms with Gasteiger partial charge in [-0.3, -0.25) is 14.9 Å². The standard InChI is InChI=1S/C15H11Br2N3O5/c16-10-4-5-13(11(17)6-10)25-8-14(21)19-18-7-9-2-1-3-12(15(9)22)20(23)24/h1-7,22H,8H2,(H,19,21)/b18-7+. The maximum Gasteiger partial charge on any atom is 0.311 e. The number of hydrogen-bond donors (Lipinski definition) is 2. The van der Waals surface area contributed by atoms with Crippen molar-refractivity contribution in [1.29, 1.82) is 0 Å². The molecule has 25 heavy (non-hydrogen) atoms. The maximum atomic E-state index is 11.7. The number of nitro groups is 1. The molecule has 0 aromatic heterocycles. The second-order valence-corrected chi connectivity index (χ2v) is 6.40. The molecule has 1 amide bonds. The Morgan fingerprint density at radius 2 is 2.12 bits per heavy atom. The van der Waals surface area contributed by atoms with E-state index in [2.05, 4.69) is 42.4 Å². The van der Waals surface area contributed by atoms with Gasteiger partial charge in [0, 0.05) is 16.1 Å². The Hall–Kier alpha value is -2.46. The summed E-state index contributed by atoms with van der Waals surface area (Å²) in [4.78, 5) is 21.7. The molecule has 0 radical (unpaired) electrons. The maximum absolute atomic E-state index is 11.7. The molecule has 0 aliphatic heterocycles. The number of nitro benzene ring substituents is 1. The molecule has 0 unspecified atom stereocenters. The summed E-state index contributed by atoms with van der Waals surface area (Å²) in [6, 6.07) is 9.21. The number of phenolic OH excluding ortho intramolecular Hbond substituents is 1. The molecule has 0 heterocycles. The molecule has 0 aliphatic rings. The lowest BCUT2D eigenvalue weighted by Gasteiger charge is -2.07. The first-order valence-electron chi connectivity index (χ1n) is 6.74. The minimum absolute atomic E-state index is 0.103. The predicted molar refractivity (Wildman–Crippen MR) is 97.8 cm³/mol. The Kier molecular flexibility index (Phi) is 6.48. The monoisotopic (exact) mass is 471 g/mol. The molecule has 0 bridgehead atoms. The number of rotatable bonds is 6. The van der Waals surface area contributed by atoms with Crippen LogP contribution in [0.4, 0.5) is 5.69 Å². The van der Waals surface area contributed by atoms with Gasteiger partial charge in [-0.25, -0.2) is 5.43 Å². The van der Waals surface area contributed by atoms with Crippen LogP contribution in [0.15, 0.2) is 50.4 Å². The van der Waals surface area contributed by atoms with Crippen molar-refractivity contribution in [3.63, 3.8) is 0 Å². The summed E-state index contributed by atoms with van der Waals surface area (Å²) in [6.07, 6.45) is 1.11. The van der Waals surface area contributed by atoms with Gasteiger partial charge in [-0.1, -0.05) is 22.0 Å². The van der Waals surface area contributed by atoms with Gasteiger partial charge in [0.15, 0.2) is 6.61 Å². The van der Waals surface area contributed by atoms with E-state index in [1.807, 2.05) is 0 Å². The van der Waals surface area contributed by atoms with E-state index in [4.69, 9.17) is 4.74 Å². The molecule has 0 aliphatic carbocycles. The van der Waals surface area contributed by atoms with Crippen molar-refractivity contribution < 1.29 is 19.6 Å². The van der Waals surface area contributed by atoms with Gasteiger partial charge < -0.3 is 9.84 Å². The molecule has 0 saturated carbocycles. The van der Waals surface area contributed by atoms with Crippen LogP contribution in [0.5, 0.6) is 11.5 Å². The summed E-state index contributed by atoms with van der Waals surface area (Å²) in [7, 11) is 0. The molecule has 0 spiro atoms. The van der Waals surface area contributed by atoms with E-state index < -0.39 is 22.3 Å². The first kappa shape index (κ1) is 18.9. The summed E-state index contributed by atoms with van der Waals surface area (Å²) in [6.45, 7) is -0.279. The van der Waals surface area contributed by atoms with Crippen molar-refractivity contribution in [3.05, 3.63) is 61.0 Å². The zero-order chi connectivity index (χ0) is 18.4. The Morgan fingerprint density at radius 1 is 1.36 bits per heavy atom. The third-order valence-corrected chi connectivity index (χ3v) is 4.00. The zero-order valence-corrected chi connectivity index (χ0v) is 15.7. The van der Waals surface area contributed by atoms with Crippen LogP contribution >= 0.6 is 31.9 Å². The number of ether oxygens (including phenoxy) is 1. The molecule has 10 heteroatoms. The van der Waals surface area contributed by atoms with Gasteiger partial charge in [-0.15, -0.1) is 0 Å². The average Bonchev–Trinajstić information content (AvgIpc) is 2.55. The highest BCUT2D eigenvalue weighted by Crippen LogP contribution is 2.28. The summed E-state index contributed by atoms with van der Waals surface area (Å²) in [5.41, 5.74) is 1.87. The van der Waals surface area contributed by atoms with Crippen molar-refractivity contribution in [2.75, 3.05) is 6.61 Å². The van der Waals surface area contributed by atoms with Gasteiger partial charge in [0.05, 0.1) is 15.6 Å². The number of benzene rings is 2. The summed E-state index contributed by atoms with van der Waals surface area (Å²) >= 11 is 6.61. The molecule has 2 rings (SSSR count). The van der Waals surface area contributed by atoms with Crippen LogP contribution < -0.4 is 10.2 Å². The predicted octanol–water partition coefficient (Wildman–Crippen LogP) is 3.35. The van der Waals surface area contributed by atoms with Crippen molar-refractivity contribution in [1.82, 2.24) is 5.43 Å². The molecular formula is C15H11Br2N3O5. The second kappa shape index (κ2) is 8.58. The number of para-hydroxylation sites is 1. The van der Waals surface area contributed by atoms with Crippen LogP contribution in [-0.4, -0.2) is 28.8 Å². The fraction of sp³-hybridized carbons (Fsp3) is 0.0667. The minimum Gasteiger partial charge on any atom is -0.502 e. The minimum atomic E-state index is -0.713. The van der Waals surface area contributed by atoms with E-state index in [9.17, 15) is 20.0 Å². The van der Waals surface area contributed by atoms with Gasteiger partial charge >= 0.3 is 5.69 Å². The van der Waals surface area contributed by atoms with Gasteiger partial charge in [0.2, 0.25) is 5.75 Å². The molecule has 2 aromatic rings. The van der Waals surface area contributed by atoms with Crippen molar-refractivity contribution in [2.24, 2.45) is 5.10 Å². The van der Waals surface area contributed by atoms with Crippen molar-refractivity contribution in [3.8, 4) is 11.5 Å². The van der Waals surface area contributed by atoms with Crippen LogP contribution in [0.3, 0.4) is 0 Å². The van der Waals surface area contributed by atoms with E-state index in [-0.39, 0.29) is 12.2 Å². The fourth-order valence-electron chi connectivity index (χ4n) is 1.74. The molecule has 2 aromatic carbocycles. The summed E-state index contributed by atoms with van der Waals surface area (Å²) in [5.74, 6) is -0.574. The largest absolute Gasteiger partial charge is 0.502 e. The fourth-order valence-corrected chi connectivity index (χ4v) is 2.90. The lowest BCUT2D eigenvalue weighted by Crippen LogP contribution is -2.24. The lowest BCUT2D eigenvalue weighted by atomic mass is 10.2. The molecular weight excluding hydrogens is 462 g/mol. The van der Waals surface area contributed by atoms with Gasteiger partial charge in [-0.05, 0) is 40.2 Å². The number of halogens is 2. The third kappa shape index (κ3) is 5.26. The normalized spacial score (nSPS) is 10.6. The first-order valence-corrected chi connectivity index (χ1v) is 8.33. The van der Waals surface area contributed by atoms with E-state index in [0.29, 0.717) is 10.2 Å². The highest BCUT2D eigenvalue weighted by molar-refractivity contribution is 9.11. The second-order valence-electron chi connectivity index (χ2n) is 4.63. The van der Waals surface area contributed by atoms with E-state index in [1.54, 1.807) is 18.2 Å². The number of carbonyl (C=O) groups excluding carboxylic acids is 1. The number of nitrogens with one attached hydrogen (secondary N) is 1. The molecule has 8 nitrogen and oxygen atoms in total. The molecule has 0 fully saturated rings. The quantitative estimate of drug-likeness (QED) is 0.380. The Bertz CT molecular complexity index is 842. The number of aromatic hydroxyl groups is 1. The van der Waals surface area contributed by atoms with Gasteiger partial charge in [-0.2, -0.15) is 5.10 Å². The van der Waals surface area contributed by atoms with Crippen LogP contribution in [0.2, 0.25) is 0 Å². The van der Waals surface area contributed by atoms with E-state index >= 15 is 0 Å². The molecule has 2 N–H and O–H groups in total. The van der Waals surface area contributed by atoms with Crippen LogP contribution in [0.25, 0.3) is 0 Å². The SMILES string of the molecule is O=C(COc1ccc(Br)cc1Br)N/N=C/c1cccc([N+](=O)[O-])c1O. The van der Waals surface area contributed by atoms with Crippen molar-refractivity contribution >= 4 is 49.7 Å². The Morgan fingerprint density at radius 3 is 2.80 bits per heavy atom. The topological polar surface area (TPSA) is 114 Å².